The Kier molecular flexibility index (Phi) is 4.92. The lowest BCUT2D eigenvalue weighted by molar-refractivity contribution is -0.143. The molecule has 0 aliphatic heterocycles. The fourth-order valence-electron chi connectivity index (χ4n) is 1.85. The van der Waals surface area contributed by atoms with E-state index in [1.807, 2.05) is 6.07 Å². The third-order valence-corrected chi connectivity index (χ3v) is 4.09. The van der Waals surface area contributed by atoms with Gasteiger partial charge in [0.2, 0.25) is 5.95 Å². The van der Waals surface area contributed by atoms with E-state index in [2.05, 4.69) is 27.6 Å². The highest BCUT2D eigenvalue weighted by Gasteiger charge is 2.18. The highest BCUT2D eigenvalue weighted by Crippen LogP contribution is 2.30. The van der Waals surface area contributed by atoms with Crippen LogP contribution >= 0.6 is 11.3 Å². The third kappa shape index (κ3) is 3.40. The number of fused-ring (bicyclic) bond motifs is 1. The van der Waals surface area contributed by atoms with Crippen LogP contribution in [0.25, 0.3) is 10.2 Å². The molecule has 2 rings (SSSR count). The van der Waals surface area contributed by atoms with E-state index in [0.29, 0.717) is 18.4 Å². The van der Waals surface area contributed by atoms with Crippen LogP contribution in [0.4, 0.5) is 11.8 Å². The van der Waals surface area contributed by atoms with Crippen molar-refractivity contribution in [1.82, 2.24) is 9.97 Å². The van der Waals surface area contributed by atoms with Gasteiger partial charge in [0, 0.05) is 4.88 Å². The van der Waals surface area contributed by atoms with Gasteiger partial charge in [-0.05, 0) is 26.3 Å². The van der Waals surface area contributed by atoms with Crippen LogP contribution in [-0.2, 0) is 16.0 Å². The molecule has 2 heterocycles. The van der Waals surface area contributed by atoms with Crippen LogP contribution in [0.2, 0.25) is 0 Å². The number of nitrogens with zero attached hydrogens (tertiary/aromatic N) is 2. The van der Waals surface area contributed by atoms with Gasteiger partial charge in [0.1, 0.15) is 16.7 Å². The number of ether oxygens (including phenoxy) is 1. The van der Waals surface area contributed by atoms with Gasteiger partial charge in [0.05, 0.1) is 12.0 Å². The van der Waals surface area contributed by atoms with Gasteiger partial charge >= 0.3 is 5.97 Å². The minimum atomic E-state index is -0.501. The Morgan fingerprint density at radius 1 is 1.48 bits per heavy atom. The van der Waals surface area contributed by atoms with Crippen molar-refractivity contribution in [2.75, 3.05) is 17.3 Å². The van der Waals surface area contributed by atoms with E-state index < -0.39 is 6.04 Å². The monoisotopic (exact) mass is 309 g/mol. The number of carbonyl (C=O) groups excluding carboxylic acids is 1. The molecule has 4 N–H and O–H groups in total. The van der Waals surface area contributed by atoms with Gasteiger partial charge in [-0.15, -0.1) is 11.3 Å². The quantitative estimate of drug-likeness (QED) is 0.425. The molecule has 1 unspecified atom stereocenters. The minimum absolute atomic E-state index is 0.311. The number of esters is 1. The van der Waals surface area contributed by atoms with E-state index in [-0.39, 0.29) is 5.97 Å². The van der Waals surface area contributed by atoms with Crippen molar-refractivity contribution >= 4 is 39.3 Å². The fraction of sp³-hybridized carbons (Fsp3) is 0.462. The Bertz CT molecular complexity index is 643. The van der Waals surface area contributed by atoms with Gasteiger partial charge in [-0.25, -0.2) is 15.6 Å². The number of nitrogen functional groups attached to an aromatic ring is 1. The predicted molar refractivity (Wildman–Crippen MR) is 84.3 cm³/mol. The number of carbonyl (C=O) groups is 1. The molecule has 0 aromatic carbocycles. The average Bonchev–Trinajstić information content (AvgIpc) is 2.90. The number of aryl methyl sites for hydroxylation is 1. The Balaban J connectivity index is 2.36. The molecule has 0 amide bonds. The Morgan fingerprint density at radius 2 is 2.24 bits per heavy atom. The average molecular weight is 309 g/mol. The second kappa shape index (κ2) is 6.68. The Hall–Kier alpha value is -1.93. The van der Waals surface area contributed by atoms with E-state index in [0.717, 1.165) is 16.6 Å². The molecule has 0 saturated heterocycles. The zero-order chi connectivity index (χ0) is 15.4. The molecule has 7 nitrogen and oxygen atoms in total. The minimum Gasteiger partial charge on any atom is -0.464 e. The van der Waals surface area contributed by atoms with Crippen LogP contribution in [0.5, 0.6) is 0 Å². The molecule has 0 aliphatic carbocycles. The molecule has 21 heavy (non-hydrogen) atoms. The number of hydrogen-bond acceptors (Lipinski definition) is 8. The van der Waals surface area contributed by atoms with E-state index >= 15 is 0 Å². The first-order valence-corrected chi connectivity index (χ1v) is 7.60. The summed E-state index contributed by atoms with van der Waals surface area (Å²) in [7, 11) is 0. The summed E-state index contributed by atoms with van der Waals surface area (Å²) < 4.78 is 4.99. The summed E-state index contributed by atoms with van der Waals surface area (Å²) in [5.41, 5.74) is 2.44. The van der Waals surface area contributed by atoms with Crippen molar-refractivity contribution in [2.45, 2.75) is 33.2 Å². The molecule has 0 aliphatic rings. The van der Waals surface area contributed by atoms with E-state index in [1.165, 1.54) is 4.88 Å². The maximum Gasteiger partial charge on any atom is 0.328 e. The molecule has 114 valence electrons. The number of aromatic nitrogens is 2. The molecular weight excluding hydrogens is 290 g/mol. The molecule has 0 saturated carbocycles. The van der Waals surface area contributed by atoms with Gasteiger partial charge in [-0.3, -0.25) is 5.43 Å². The first-order chi connectivity index (χ1) is 10.1. The lowest BCUT2D eigenvalue weighted by atomic mass is 10.3. The summed E-state index contributed by atoms with van der Waals surface area (Å²) in [5.74, 6) is 5.96. The lowest BCUT2D eigenvalue weighted by Gasteiger charge is -2.14. The SMILES string of the molecule is CCOC(=O)C(C)Nc1nc(NN)nc2sc(CC)cc12. The van der Waals surface area contributed by atoms with Crippen molar-refractivity contribution in [3.05, 3.63) is 10.9 Å². The normalized spacial score (nSPS) is 12.2. The molecule has 2 aromatic rings. The second-order valence-electron chi connectivity index (χ2n) is 4.44. The van der Waals surface area contributed by atoms with Crippen molar-refractivity contribution in [3.8, 4) is 0 Å². The summed E-state index contributed by atoms with van der Waals surface area (Å²) in [4.78, 5) is 22.4. The van der Waals surface area contributed by atoms with E-state index in [4.69, 9.17) is 10.6 Å². The van der Waals surface area contributed by atoms with Crippen molar-refractivity contribution < 1.29 is 9.53 Å². The van der Waals surface area contributed by atoms with Gasteiger partial charge < -0.3 is 10.1 Å². The number of rotatable bonds is 6. The summed E-state index contributed by atoms with van der Waals surface area (Å²) in [6.07, 6.45) is 0.916. The topological polar surface area (TPSA) is 102 Å². The van der Waals surface area contributed by atoms with Crippen LogP contribution in [0.15, 0.2) is 6.07 Å². The van der Waals surface area contributed by atoms with Gasteiger partial charge in [-0.2, -0.15) is 4.98 Å². The summed E-state index contributed by atoms with van der Waals surface area (Å²) in [6, 6.07) is 1.53. The van der Waals surface area contributed by atoms with Crippen molar-refractivity contribution in [1.29, 1.82) is 0 Å². The first kappa shape index (κ1) is 15.5. The number of thiophene rings is 1. The highest BCUT2D eigenvalue weighted by molar-refractivity contribution is 7.18. The maximum absolute atomic E-state index is 11.7. The van der Waals surface area contributed by atoms with Crippen LogP contribution in [0, 0.1) is 0 Å². The van der Waals surface area contributed by atoms with Gasteiger partial charge in [-0.1, -0.05) is 6.92 Å². The Morgan fingerprint density at radius 3 is 2.86 bits per heavy atom. The van der Waals surface area contributed by atoms with Crippen LogP contribution < -0.4 is 16.6 Å². The summed E-state index contributed by atoms with van der Waals surface area (Å²) >= 11 is 1.58. The summed E-state index contributed by atoms with van der Waals surface area (Å²) in [5, 5.41) is 3.95. The maximum atomic E-state index is 11.7. The van der Waals surface area contributed by atoms with Crippen LogP contribution in [-0.4, -0.2) is 28.6 Å². The standard InChI is InChI=1S/C13H19N5O2S/c1-4-8-6-9-10(15-7(3)12(19)20-5-2)16-13(18-14)17-11(9)21-8/h6-7H,4-5,14H2,1-3H3,(H2,15,16,17,18). The molecule has 0 radical (unpaired) electrons. The number of nitrogens with one attached hydrogen (secondary N) is 2. The zero-order valence-corrected chi connectivity index (χ0v) is 13.1. The molecule has 2 aromatic heterocycles. The first-order valence-electron chi connectivity index (χ1n) is 6.79. The van der Waals surface area contributed by atoms with E-state index in [1.54, 1.807) is 25.2 Å². The number of hydrogen-bond donors (Lipinski definition) is 3. The highest BCUT2D eigenvalue weighted by atomic mass is 32.1. The third-order valence-electron chi connectivity index (χ3n) is 2.91. The number of hydrazine groups is 1. The lowest BCUT2D eigenvalue weighted by Crippen LogP contribution is -2.28. The molecular formula is C13H19N5O2S. The van der Waals surface area contributed by atoms with Crippen LogP contribution in [0.1, 0.15) is 25.6 Å². The van der Waals surface area contributed by atoms with Crippen molar-refractivity contribution in [3.63, 3.8) is 0 Å². The molecule has 0 fully saturated rings. The smallest absolute Gasteiger partial charge is 0.328 e. The van der Waals surface area contributed by atoms with E-state index in [9.17, 15) is 4.79 Å². The zero-order valence-electron chi connectivity index (χ0n) is 12.3. The largest absolute Gasteiger partial charge is 0.464 e. The molecule has 0 bridgehead atoms. The Labute approximate surface area is 126 Å². The fourth-order valence-corrected chi connectivity index (χ4v) is 2.82. The molecule has 8 heteroatoms. The van der Waals surface area contributed by atoms with Crippen molar-refractivity contribution in [2.24, 2.45) is 5.84 Å². The predicted octanol–water partition coefficient (Wildman–Crippen LogP) is 1.90. The number of nitrogens with two attached hydrogens (primary N) is 1. The second-order valence-corrected chi connectivity index (χ2v) is 5.56. The molecule has 1 atom stereocenters. The summed E-state index contributed by atoms with van der Waals surface area (Å²) in [6.45, 7) is 5.93. The van der Waals surface area contributed by atoms with Gasteiger partial charge in [0.15, 0.2) is 0 Å². The molecule has 0 spiro atoms. The van der Waals surface area contributed by atoms with Crippen LogP contribution in [0.3, 0.4) is 0 Å². The number of anilines is 2. The van der Waals surface area contributed by atoms with Gasteiger partial charge in [0.25, 0.3) is 0 Å².